The van der Waals surface area contributed by atoms with Crippen LogP contribution in [0.2, 0.25) is 0 Å². The van der Waals surface area contributed by atoms with Crippen molar-refractivity contribution >= 4 is 0 Å². The number of rotatable bonds is 1. The van der Waals surface area contributed by atoms with E-state index in [9.17, 15) is 10.2 Å². The molecule has 0 aromatic heterocycles. The molecule has 0 heterocycles. The van der Waals surface area contributed by atoms with Crippen molar-refractivity contribution in [2.24, 2.45) is 0 Å². The Morgan fingerprint density at radius 3 is 0.688 bits per heavy atom. The monoisotopic (exact) mass is 440 g/mol. The van der Waals surface area contributed by atoms with Crippen LogP contribution in [0.4, 0.5) is 0 Å². The fraction of sp³-hybridized carbons (Fsp3) is 0.600. The molecule has 2 rings (SSSR count). The first-order valence-corrected chi connectivity index (χ1v) is 12.0. The minimum Gasteiger partial charge on any atom is -0.507 e. The van der Waals surface area contributed by atoms with Gasteiger partial charge in [-0.1, -0.05) is 96.9 Å². The summed E-state index contributed by atoms with van der Waals surface area (Å²) >= 11 is 0. The molecule has 0 amide bonds. The molecular weight excluding hydrogens is 392 g/mol. The van der Waals surface area contributed by atoms with Crippen LogP contribution < -0.4 is 0 Å². The van der Waals surface area contributed by atoms with E-state index in [1.165, 1.54) is 0 Å². The smallest absolute Gasteiger partial charge is 0.123 e. The Balaban J connectivity index is 0.00000249. The summed E-state index contributed by atoms with van der Waals surface area (Å²) in [5.74, 6) is 0.786. The summed E-state index contributed by atoms with van der Waals surface area (Å²) in [6, 6.07) is 8.48. The molecule has 0 spiro atoms. The van der Waals surface area contributed by atoms with Crippen LogP contribution in [-0.2, 0) is 21.7 Å². The van der Waals surface area contributed by atoms with Crippen molar-refractivity contribution in [1.29, 1.82) is 0 Å². The zero-order valence-corrected chi connectivity index (χ0v) is 23.2. The van der Waals surface area contributed by atoms with Gasteiger partial charge in [-0.25, -0.2) is 0 Å². The van der Waals surface area contributed by atoms with Crippen molar-refractivity contribution in [3.8, 4) is 22.6 Å². The highest BCUT2D eigenvalue weighted by molar-refractivity contribution is 5.72. The van der Waals surface area contributed by atoms with Crippen LogP contribution in [0.25, 0.3) is 11.1 Å². The van der Waals surface area contributed by atoms with Crippen LogP contribution in [0, 0.1) is 0 Å². The first kappa shape index (κ1) is 28.1. The lowest BCUT2D eigenvalue weighted by atomic mass is 9.75. The van der Waals surface area contributed by atoms with E-state index in [1.807, 2.05) is 13.8 Å². The molecule has 2 nitrogen and oxygen atoms in total. The normalized spacial score (nSPS) is 12.9. The van der Waals surface area contributed by atoms with Gasteiger partial charge in [0.1, 0.15) is 11.5 Å². The molecule has 0 aliphatic heterocycles. The maximum atomic E-state index is 11.1. The van der Waals surface area contributed by atoms with E-state index in [0.29, 0.717) is 11.5 Å². The molecule has 2 aromatic rings. The average molecular weight is 441 g/mol. The molecule has 2 N–H and O–H groups in total. The predicted molar refractivity (Wildman–Crippen MR) is 141 cm³/mol. The third-order valence-corrected chi connectivity index (χ3v) is 5.79. The number of benzene rings is 2. The highest BCUT2D eigenvalue weighted by Gasteiger charge is 2.29. The molecule has 2 heteroatoms. The molecule has 0 saturated heterocycles. The van der Waals surface area contributed by atoms with Gasteiger partial charge in [0.05, 0.1) is 0 Å². The van der Waals surface area contributed by atoms with Crippen molar-refractivity contribution in [2.75, 3.05) is 0 Å². The number of aromatic hydroxyl groups is 2. The van der Waals surface area contributed by atoms with E-state index < -0.39 is 0 Å². The minimum atomic E-state index is -0.184. The van der Waals surface area contributed by atoms with Gasteiger partial charge in [0.2, 0.25) is 0 Å². The standard InChI is InChI=1S/C28H42O2.C2H6/c1-25(2,3)19-13-17(14-20(23(19)29)26(4,5)6)18-15-21(27(7,8)9)24(30)22(16-18)28(10,11)12;1-2/h13-16,29-30H,1-12H3;1-2H3. The molecule has 180 valence electrons. The Morgan fingerprint density at radius 1 is 0.406 bits per heavy atom. The fourth-order valence-electron chi connectivity index (χ4n) is 3.89. The van der Waals surface area contributed by atoms with Crippen LogP contribution >= 0.6 is 0 Å². The zero-order valence-electron chi connectivity index (χ0n) is 23.2. The van der Waals surface area contributed by atoms with Crippen molar-refractivity contribution in [2.45, 2.75) is 119 Å². The number of phenolic OH excluding ortho intramolecular Hbond substituents is 2. The van der Waals surface area contributed by atoms with E-state index in [0.717, 1.165) is 33.4 Å². The number of phenols is 2. The molecule has 0 aliphatic carbocycles. The van der Waals surface area contributed by atoms with Crippen LogP contribution in [-0.4, -0.2) is 10.2 Å². The average Bonchev–Trinajstić information content (AvgIpc) is 2.60. The van der Waals surface area contributed by atoms with Gasteiger partial charge in [-0.3, -0.25) is 0 Å². The van der Waals surface area contributed by atoms with E-state index >= 15 is 0 Å². The topological polar surface area (TPSA) is 40.5 Å². The van der Waals surface area contributed by atoms with E-state index in [2.05, 4.69) is 107 Å². The van der Waals surface area contributed by atoms with Crippen LogP contribution in [0.15, 0.2) is 24.3 Å². The second kappa shape index (κ2) is 9.12. The largest absolute Gasteiger partial charge is 0.507 e. The first-order chi connectivity index (χ1) is 14.2. The highest BCUT2D eigenvalue weighted by atomic mass is 16.3. The first-order valence-electron chi connectivity index (χ1n) is 12.0. The predicted octanol–water partition coefficient (Wildman–Crippen LogP) is 8.98. The molecule has 0 unspecified atom stereocenters. The highest BCUT2D eigenvalue weighted by Crippen LogP contribution is 2.45. The third kappa shape index (κ3) is 6.09. The number of hydrogen-bond acceptors (Lipinski definition) is 2. The fourth-order valence-corrected chi connectivity index (χ4v) is 3.89. The Bertz CT molecular complexity index is 787. The van der Waals surface area contributed by atoms with Crippen LogP contribution in [0.1, 0.15) is 119 Å². The van der Waals surface area contributed by atoms with Crippen molar-refractivity contribution in [3.63, 3.8) is 0 Å². The van der Waals surface area contributed by atoms with E-state index in [-0.39, 0.29) is 21.7 Å². The second-order valence-corrected chi connectivity index (χ2v) is 12.8. The van der Waals surface area contributed by atoms with Crippen LogP contribution in [0.3, 0.4) is 0 Å². The Kier molecular flexibility index (Phi) is 8.00. The molecule has 0 saturated carbocycles. The maximum Gasteiger partial charge on any atom is 0.123 e. The van der Waals surface area contributed by atoms with Crippen molar-refractivity contribution in [3.05, 3.63) is 46.5 Å². The summed E-state index contributed by atoms with van der Waals surface area (Å²) in [7, 11) is 0. The van der Waals surface area contributed by atoms with Gasteiger partial charge in [-0.15, -0.1) is 0 Å². The van der Waals surface area contributed by atoms with Gasteiger partial charge in [0.15, 0.2) is 0 Å². The summed E-state index contributed by atoms with van der Waals surface area (Å²) in [6.45, 7) is 29.6. The Labute approximate surface area is 198 Å². The molecule has 0 aliphatic rings. The SMILES string of the molecule is CC.CC(C)(C)c1cc(-c2cc(C(C)(C)C)c(O)c(C(C)(C)C)c2)cc(C(C)(C)C)c1O. The summed E-state index contributed by atoms with van der Waals surface area (Å²) < 4.78 is 0. The summed E-state index contributed by atoms with van der Waals surface area (Å²) in [5, 5.41) is 22.2. The summed E-state index contributed by atoms with van der Waals surface area (Å²) in [5.41, 5.74) is 5.23. The maximum absolute atomic E-state index is 11.1. The van der Waals surface area contributed by atoms with Crippen LogP contribution in [0.5, 0.6) is 11.5 Å². The lowest BCUT2D eigenvalue weighted by molar-refractivity contribution is 0.422. The molecule has 0 radical (unpaired) electrons. The molecule has 32 heavy (non-hydrogen) atoms. The van der Waals surface area contributed by atoms with Crippen molar-refractivity contribution < 1.29 is 10.2 Å². The third-order valence-electron chi connectivity index (χ3n) is 5.79. The molecular formula is C30H48O2. The second-order valence-electron chi connectivity index (χ2n) is 12.8. The summed E-state index contributed by atoms with van der Waals surface area (Å²) in [6.07, 6.45) is 0. The lowest BCUT2D eigenvalue weighted by Crippen LogP contribution is -2.18. The lowest BCUT2D eigenvalue weighted by Gasteiger charge is -2.30. The zero-order chi connectivity index (χ0) is 25.4. The van der Waals surface area contributed by atoms with Gasteiger partial charge in [-0.05, 0) is 57.1 Å². The van der Waals surface area contributed by atoms with Crippen molar-refractivity contribution in [1.82, 2.24) is 0 Å². The Hall–Kier alpha value is -1.96. The molecule has 2 aromatic carbocycles. The Morgan fingerprint density at radius 2 is 0.562 bits per heavy atom. The van der Waals surface area contributed by atoms with Gasteiger partial charge < -0.3 is 10.2 Å². The summed E-state index contributed by atoms with van der Waals surface area (Å²) in [4.78, 5) is 0. The van der Waals surface area contributed by atoms with Gasteiger partial charge in [0.25, 0.3) is 0 Å². The minimum absolute atomic E-state index is 0.184. The van der Waals surface area contributed by atoms with Gasteiger partial charge in [-0.2, -0.15) is 0 Å². The quantitative estimate of drug-likeness (QED) is 0.464. The molecule has 0 bridgehead atoms. The van der Waals surface area contributed by atoms with Gasteiger partial charge in [0, 0.05) is 22.3 Å². The van der Waals surface area contributed by atoms with Gasteiger partial charge >= 0.3 is 0 Å². The number of hydrogen-bond donors (Lipinski definition) is 2. The van der Waals surface area contributed by atoms with E-state index in [4.69, 9.17) is 0 Å². The molecule has 0 atom stereocenters. The molecule has 0 fully saturated rings. The van der Waals surface area contributed by atoms with E-state index in [1.54, 1.807) is 0 Å².